The molecule has 3 aliphatic rings. The van der Waals surface area contributed by atoms with Crippen molar-refractivity contribution < 1.29 is 14.4 Å². The summed E-state index contributed by atoms with van der Waals surface area (Å²) in [5.41, 5.74) is 2.91. The first kappa shape index (κ1) is 22.8. The molecule has 0 N–H and O–H groups in total. The van der Waals surface area contributed by atoms with Crippen molar-refractivity contribution in [1.82, 2.24) is 14.7 Å². The Morgan fingerprint density at radius 1 is 0.875 bits per heavy atom. The van der Waals surface area contributed by atoms with Crippen LogP contribution in [0.4, 0.5) is 0 Å². The fraction of sp³-hybridized carbons (Fsp3) is 0.654. The molecule has 3 heterocycles. The van der Waals surface area contributed by atoms with Crippen molar-refractivity contribution in [3.63, 3.8) is 0 Å². The van der Waals surface area contributed by atoms with Gasteiger partial charge in [0.05, 0.1) is 5.92 Å². The molecule has 174 valence electrons. The molecule has 3 saturated heterocycles. The van der Waals surface area contributed by atoms with Crippen molar-refractivity contribution in [3.8, 4) is 0 Å². The van der Waals surface area contributed by atoms with E-state index in [0.29, 0.717) is 24.8 Å². The van der Waals surface area contributed by atoms with Gasteiger partial charge in [0.15, 0.2) is 0 Å². The van der Waals surface area contributed by atoms with Gasteiger partial charge < -0.3 is 14.7 Å². The van der Waals surface area contributed by atoms with Crippen LogP contribution in [0.5, 0.6) is 0 Å². The second-order valence-corrected chi connectivity index (χ2v) is 10.0. The van der Waals surface area contributed by atoms with Crippen LogP contribution >= 0.6 is 0 Å². The highest BCUT2D eigenvalue weighted by Crippen LogP contribution is 2.26. The van der Waals surface area contributed by atoms with E-state index < -0.39 is 0 Å². The van der Waals surface area contributed by atoms with Crippen LogP contribution in [0.25, 0.3) is 0 Å². The summed E-state index contributed by atoms with van der Waals surface area (Å²) in [5, 5.41) is 0. The van der Waals surface area contributed by atoms with Gasteiger partial charge in [-0.3, -0.25) is 14.4 Å². The standard InChI is InChI=1S/C26H37N3O3/c1-19-14-20(2)16-23(15-19)26(32)29-11-5-6-22(18-29)25(31)27-12-8-21(9-13-27)17-28-10-4-3-7-24(28)30/h14-16,21-22H,3-13,17-18H2,1-2H3. The minimum absolute atomic E-state index is 0.0409. The molecule has 1 aromatic rings. The first-order valence-corrected chi connectivity index (χ1v) is 12.3. The number of carbonyl (C=O) groups is 3. The maximum atomic E-state index is 13.2. The van der Waals surface area contributed by atoms with Gasteiger partial charge in [0.2, 0.25) is 11.8 Å². The van der Waals surface area contributed by atoms with Gasteiger partial charge in [0, 0.05) is 51.3 Å². The normalized spacial score (nSPS) is 22.9. The van der Waals surface area contributed by atoms with Crippen molar-refractivity contribution in [3.05, 3.63) is 34.9 Å². The summed E-state index contributed by atoms with van der Waals surface area (Å²) >= 11 is 0. The lowest BCUT2D eigenvalue weighted by Crippen LogP contribution is -2.49. The molecule has 3 amide bonds. The average molecular weight is 440 g/mol. The number of likely N-dealkylation sites (tertiary alicyclic amines) is 3. The van der Waals surface area contributed by atoms with Gasteiger partial charge in [-0.05, 0) is 70.4 Å². The van der Waals surface area contributed by atoms with Gasteiger partial charge in [-0.15, -0.1) is 0 Å². The van der Waals surface area contributed by atoms with Crippen LogP contribution in [-0.2, 0) is 9.59 Å². The number of hydrogen-bond donors (Lipinski definition) is 0. The second kappa shape index (κ2) is 10.1. The lowest BCUT2D eigenvalue weighted by Gasteiger charge is -2.39. The zero-order valence-corrected chi connectivity index (χ0v) is 19.6. The third kappa shape index (κ3) is 5.33. The van der Waals surface area contributed by atoms with Crippen molar-refractivity contribution in [1.29, 1.82) is 0 Å². The highest BCUT2D eigenvalue weighted by Gasteiger charge is 2.34. The summed E-state index contributed by atoms with van der Waals surface area (Å²) < 4.78 is 0. The van der Waals surface area contributed by atoms with Crippen LogP contribution < -0.4 is 0 Å². The van der Waals surface area contributed by atoms with E-state index in [0.717, 1.165) is 87.9 Å². The number of benzene rings is 1. The number of amides is 3. The molecule has 0 aromatic heterocycles. The predicted octanol–water partition coefficient (Wildman–Crippen LogP) is 3.41. The molecule has 32 heavy (non-hydrogen) atoms. The molecule has 0 spiro atoms. The SMILES string of the molecule is Cc1cc(C)cc(C(=O)N2CCCC(C(=O)N3CCC(CN4CCCCC4=O)CC3)C2)c1. The maximum Gasteiger partial charge on any atom is 0.253 e. The van der Waals surface area contributed by atoms with E-state index in [-0.39, 0.29) is 17.7 Å². The minimum Gasteiger partial charge on any atom is -0.342 e. The third-order valence-corrected chi connectivity index (χ3v) is 7.35. The Bertz CT molecular complexity index is 840. The lowest BCUT2D eigenvalue weighted by molar-refractivity contribution is -0.139. The van der Waals surface area contributed by atoms with E-state index in [9.17, 15) is 14.4 Å². The zero-order valence-electron chi connectivity index (χ0n) is 19.6. The molecule has 0 bridgehead atoms. The second-order valence-electron chi connectivity index (χ2n) is 10.0. The van der Waals surface area contributed by atoms with Crippen LogP contribution in [0.3, 0.4) is 0 Å². The number of hydrogen-bond acceptors (Lipinski definition) is 3. The van der Waals surface area contributed by atoms with E-state index in [4.69, 9.17) is 0 Å². The largest absolute Gasteiger partial charge is 0.342 e. The van der Waals surface area contributed by atoms with Gasteiger partial charge in [-0.2, -0.15) is 0 Å². The molecule has 6 nitrogen and oxygen atoms in total. The Labute approximate surface area is 191 Å². The Morgan fingerprint density at radius 3 is 2.28 bits per heavy atom. The zero-order chi connectivity index (χ0) is 22.7. The summed E-state index contributed by atoms with van der Waals surface area (Å²) in [6, 6.07) is 5.96. The van der Waals surface area contributed by atoms with Gasteiger partial charge in [-0.25, -0.2) is 0 Å². The minimum atomic E-state index is -0.0983. The fourth-order valence-corrected chi connectivity index (χ4v) is 5.60. The molecule has 0 saturated carbocycles. The first-order valence-electron chi connectivity index (χ1n) is 12.3. The highest BCUT2D eigenvalue weighted by atomic mass is 16.2. The molecule has 0 aliphatic carbocycles. The molecule has 0 radical (unpaired) electrons. The molecule has 1 unspecified atom stereocenters. The molecule has 1 aromatic carbocycles. The van der Waals surface area contributed by atoms with Gasteiger partial charge >= 0.3 is 0 Å². The molecule has 4 rings (SSSR count). The van der Waals surface area contributed by atoms with Crippen LogP contribution in [0.2, 0.25) is 0 Å². The van der Waals surface area contributed by atoms with E-state index in [1.54, 1.807) is 0 Å². The monoisotopic (exact) mass is 439 g/mol. The van der Waals surface area contributed by atoms with Crippen LogP contribution in [0.1, 0.15) is 66.4 Å². The summed E-state index contributed by atoms with van der Waals surface area (Å²) in [6.45, 7) is 8.55. The molecule has 3 fully saturated rings. The van der Waals surface area contributed by atoms with E-state index in [2.05, 4.69) is 6.07 Å². The van der Waals surface area contributed by atoms with Crippen molar-refractivity contribution in [2.24, 2.45) is 11.8 Å². The Hall–Kier alpha value is -2.37. The summed E-state index contributed by atoms with van der Waals surface area (Å²) in [6.07, 6.45) is 6.49. The summed E-state index contributed by atoms with van der Waals surface area (Å²) in [4.78, 5) is 44.3. The Balaban J connectivity index is 1.30. The number of carbonyl (C=O) groups excluding carboxylic acids is 3. The third-order valence-electron chi connectivity index (χ3n) is 7.35. The quantitative estimate of drug-likeness (QED) is 0.722. The van der Waals surface area contributed by atoms with E-state index in [1.807, 2.05) is 40.7 Å². The van der Waals surface area contributed by atoms with Gasteiger partial charge in [0.25, 0.3) is 5.91 Å². The van der Waals surface area contributed by atoms with Crippen LogP contribution in [0.15, 0.2) is 18.2 Å². The number of rotatable bonds is 4. The maximum absolute atomic E-state index is 13.2. The van der Waals surface area contributed by atoms with Crippen molar-refractivity contribution >= 4 is 17.7 Å². The van der Waals surface area contributed by atoms with Crippen LogP contribution in [0, 0.1) is 25.7 Å². The first-order chi connectivity index (χ1) is 15.4. The Kier molecular flexibility index (Phi) is 7.17. The highest BCUT2D eigenvalue weighted by molar-refractivity contribution is 5.95. The molecule has 3 aliphatic heterocycles. The number of piperidine rings is 3. The van der Waals surface area contributed by atoms with Gasteiger partial charge in [-0.1, -0.05) is 17.2 Å². The Morgan fingerprint density at radius 2 is 1.59 bits per heavy atom. The number of nitrogens with zero attached hydrogens (tertiary/aromatic N) is 3. The van der Waals surface area contributed by atoms with E-state index >= 15 is 0 Å². The van der Waals surface area contributed by atoms with E-state index in [1.165, 1.54) is 0 Å². The summed E-state index contributed by atoms with van der Waals surface area (Å²) in [5.74, 6) is 0.939. The smallest absolute Gasteiger partial charge is 0.253 e. The number of aryl methyl sites for hydroxylation is 2. The molecule has 6 heteroatoms. The van der Waals surface area contributed by atoms with Crippen molar-refractivity contribution in [2.45, 2.75) is 58.8 Å². The molecular formula is C26H37N3O3. The van der Waals surface area contributed by atoms with Gasteiger partial charge in [0.1, 0.15) is 0 Å². The fourth-order valence-electron chi connectivity index (χ4n) is 5.60. The topological polar surface area (TPSA) is 60.9 Å². The summed E-state index contributed by atoms with van der Waals surface area (Å²) in [7, 11) is 0. The van der Waals surface area contributed by atoms with Crippen molar-refractivity contribution in [2.75, 3.05) is 39.3 Å². The molecular weight excluding hydrogens is 402 g/mol. The lowest BCUT2D eigenvalue weighted by atomic mass is 9.91. The average Bonchev–Trinajstić information content (AvgIpc) is 2.79. The molecule has 1 atom stereocenters. The van der Waals surface area contributed by atoms with Crippen LogP contribution in [-0.4, -0.2) is 71.7 Å². The predicted molar refractivity (Wildman–Crippen MR) is 124 cm³/mol.